The summed E-state index contributed by atoms with van der Waals surface area (Å²) in [6.07, 6.45) is 10.1. The van der Waals surface area contributed by atoms with Crippen molar-refractivity contribution in [2.75, 3.05) is 20.1 Å². The molecule has 0 radical (unpaired) electrons. The van der Waals surface area contributed by atoms with Crippen LogP contribution in [0.15, 0.2) is 24.4 Å². The molecule has 29 heavy (non-hydrogen) atoms. The molecule has 1 saturated carbocycles. The van der Waals surface area contributed by atoms with E-state index in [1.165, 1.54) is 54.5 Å². The summed E-state index contributed by atoms with van der Waals surface area (Å²) in [4.78, 5) is 22.1. The number of aromatic nitrogens is 2. The van der Waals surface area contributed by atoms with Crippen LogP contribution in [-0.2, 0) is 30.8 Å². The normalized spacial score (nSPS) is 20.4. The van der Waals surface area contributed by atoms with Crippen LogP contribution in [0.1, 0.15) is 55.5 Å². The molecular formula is C24H32N4O. The van der Waals surface area contributed by atoms with Gasteiger partial charge >= 0.3 is 0 Å². The molecule has 1 aromatic carbocycles. The molecule has 0 spiro atoms. The molecule has 0 saturated heterocycles. The van der Waals surface area contributed by atoms with Gasteiger partial charge in [-0.25, -0.2) is 4.98 Å². The Bertz CT molecular complexity index is 896. The lowest BCUT2D eigenvalue weighted by molar-refractivity contribution is -0.132. The fourth-order valence-corrected chi connectivity index (χ4v) is 5.49. The molecule has 2 aromatic rings. The van der Waals surface area contributed by atoms with Gasteiger partial charge in [0.05, 0.1) is 11.9 Å². The summed E-state index contributed by atoms with van der Waals surface area (Å²) < 4.78 is 2.36. The van der Waals surface area contributed by atoms with Crippen LogP contribution in [0, 0.1) is 5.92 Å². The first-order valence-electron chi connectivity index (χ1n) is 11.3. The Morgan fingerprint density at radius 1 is 1.10 bits per heavy atom. The van der Waals surface area contributed by atoms with Crippen LogP contribution in [0.5, 0.6) is 0 Å². The Kier molecular flexibility index (Phi) is 5.17. The van der Waals surface area contributed by atoms with Crippen LogP contribution in [0.2, 0.25) is 0 Å². The molecule has 3 heterocycles. The van der Waals surface area contributed by atoms with Crippen molar-refractivity contribution in [3.63, 3.8) is 0 Å². The van der Waals surface area contributed by atoms with Crippen LogP contribution in [-0.4, -0.2) is 45.4 Å². The van der Waals surface area contributed by atoms with Crippen molar-refractivity contribution in [3.05, 3.63) is 41.3 Å². The first-order valence-corrected chi connectivity index (χ1v) is 11.3. The molecule has 5 heteroatoms. The van der Waals surface area contributed by atoms with Crippen LogP contribution >= 0.6 is 0 Å². The Morgan fingerprint density at radius 2 is 1.97 bits per heavy atom. The number of benzene rings is 1. The molecule has 1 amide bonds. The Morgan fingerprint density at radius 3 is 2.83 bits per heavy atom. The summed E-state index contributed by atoms with van der Waals surface area (Å²) in [5, 5.41) is 0. The second kappa shape index (κ2) is 7.94. The van der Waals surface area contributed by atoms with E-state index < -0.39 is 0 Å². The minimum atomic E-state index is 0.353. The summed E-state index contributed by atoms with van der Waals surface area (Å²) >= 11 is 0. The summed E-state index contributed by atoms with van der Waals surface area (Å²) in [7, 11) is 2.18. The standard InChI is InChI=1S/C24H32N4O/c1-26-16-19-8-5-9-20(21(19)17-26)22-15-25-23-10-11-27(12-13-28(22)23)24(29)14-18-6-3-2-4-7-18/h5,8-9,15,18H,2-4,6-7,10-14,16-17H2,1H3. The number of rotatable bonds is 3. The lowest BCUT2D eigenvalue weighted by atomic mass is 9.86. The minimum absolute atomic E-state index is 0.353. The van der Waals surface area contributed by atoms with Gasteiger partial charge in [-0.05, 0) is 36.9 Å². The summed E-state index contributed by atoms with van der Waals surface area (Å²) in [5.74, 6) is 2.08. The smallest absolute Gasteiger partial charge is 0.222 e. The Hall–Kier alpha value is -2.14. The molecule has 2 aliphatic heterocycles. The molecule has 154 valence electrons. The molecule has 5 rings (SSSR count). The van der Waals surface area contributed by atoms with E-state index >= 15 is 0 Å². The van der Waals surface area contributed by atoms with Crippen LogP contribution < -0.4 is 0 Å². The second-order valence-electron chi connectivity index (χ2n) is 9.17. The third-order valence-electron chi connectivity index (χ3n) is 7.10. The van der Waals surface area contributed by atoms with Crippen LogP contribution in [0.4, 0.5) is 0 Å². The molecular weight excluding hydrogens is 360 g/mol. The summed E-state index contributed by atoms with van der Waals surface area (Å²) in [6, 6.07) is 6.65. The number of amides is 1. The lowest BCUT2D eigenvalue weighted by Gasteiger charge is -2.25. The van der Waals surface area contributed by atoms with Gasteiger partial charge in [-0.2, -0.15) is 0 Å². The van der Waals surface area contributed by atoms with Crippen molar-refractivity contribution in [2.45, 2.75) is 64.6 Å². The van der Waals surface area contributed by atoms with Gasteiger partial charge in [0, 0.05) is 51.1 Å². The highest BCUT2D eigenvalue weighted by Gasteiger charge is 2.26. The molecule has 0 atom stereocenters. The average Bonchev–Trinajstić information content (AvgIpc) is 3.24. The maximum atomic E-state index is 12.9. The zero-order valence-corrected chi connectivity index (χ0v) is 17.6. The number of imidazole rings is 1. The van der Waals surface area contributed by atoms with Crippen molar-refractivity contribution in [1.82, 2.24) is 19.4 Å². The van der Waals surface area contributed by atoms with Gasteiger partial charge in [0.15, 0.2) is 0 Å². The third-order valence-corrected chi connectivity index (χ3v) is 7.10. The zero-order valence-electron chi connectivity index (χ0n) is 17.6. The molecule has 1 aliphatic carbocycles. The minimum Gasteiger partial charge on any atom is -0.340 e. The molecule has 0 N–H and O–H groups in total. The number of nitrogens with zero attached hydrogens (tertiary/aromatic N) is 4. The molecule has 1 fully saturated rings. The molecule has 0 unspecified atom stereocenters. The predicted octanol–water partition coefficient (Wildman–Crippen LogP) is 3.85. The predicted molar refractivity (Wildman–Crippen MR) is 114 cm³/mol. The molecule has 1 aromatic heterocycles. The van der Waals surface area contributed by atoms with Crippen molar-refractivity contribution < 1.29 is 4.79 Å². The van der Waals surface area contributed by atoms with Gasteiger partial charge in [-0.3, -0.25) is 9.69 Å². The average molecular weight is 393 g/mol. The molecule has 3 aliphatic rings. The van der Waals surface area contributed by atoms with Crippen molar-refractivity contribution >= 4 is 5.91 Å². The maximum Gasteiger partial charge on any atom is 0.222 e. The largest absolute Gasteiger partial charge is 0.340 e. The van der Waals surface area contributed by atoms with E-state index in [1.54, 1.807) is 0 Å². The quantitative estimate of drug-likeness (QED) is 0.797. The lowest BCUT2D eigenvalue weighted by Crippen LogP contribution is -2.35. The van der Waals surface area contributed by atoms with E-state index in [9.17, 15) is 4.79 Å². The number of carbonyl (C=O) groups excluding carboxylic acids is 1. The van der Waals surface area contributed by atoms with E-state index in [1.807, 2.05) is 6.20 Å². The van der Waals surface area contributed by atoms with Gasteiger partial charge in [-0.15, -0.1) is 0 Å². The highest BCUT2D eigenvalue weighted by atomic mass is 16.2. The van der Waals surface area contributed by atoms with Crippen molar-refractivity contribution in [3.8, 4) is 11.3 Å². The summed E-state index contributed by atoms with van der Waals surface area (Å²) in [6.45, 7) is 4.47. The first kappa shape index (κ1) is 18.9. The first-order chi connectivity index (χ1) is 14.2. The van der Waals surface area contributed by atoms with Gasteiger partial charge in [0.1, 0.15) is 5.82 Å². The van der Waals surface area contributed by atoms with Crippen molar-refractivity contribution in [1.29, 1.82) is 0 Å². The Labute approximate surface area is 173 Å². The van der Waals surface area contributed by atoms with E-state index in [-0.39, 0.29) is 0 Å². The van der Waals surface area contributed by atoms with E-state index in [0.29, 0.717) is 11.8 Å². The van der Waals surface area contributed by atoms with E-state index in [2.05, 4.69) is 39.6 Å². The highest BCUT2D eigenvalue weighted by Crippen LogP contribution is 2.33. The van der Waals surface area contributed by atoms with Gasteiger partial charge < -0.3 is 9.47 Å². The topological polar surface area (TPSA) is 41.4 Å². The number of carbonyl (C=O) groups is 1. The van der Waals surface area contributed by atoms with Gasteiger partial charge in [-0.1, -0.05) is 37.5 Å². The fourth-order valence-electron chi connectivity index (χ4n) is 5.49. The fraction of sp³-hybridized carbons (Fsp3) is 0.583. The number of hydrogen-bond donors (Lipinski definition) is 0. The number of fused-ring (bicyclic) bond motifs is 2. The Balaban J connectivity index is 1.33. The van der Waals surface area contributed by atoms with E-state index in [4.69, 9.17) is 4.98 Å². The third kappa shape index (κ3) is 3.73. The number of hydrogen-bond acceptors (Lipinski definition) is 3. The zero-order chi connectivity index (χ0) is 19.8. The molecule has 5 nitrogen and oxygen atoms in total. The van der Waals surface area contributed by atoms with E-state index in [0.717, 1.165) is 51.4 Å². The van der Waals surface area contributed by atoms with Gasteiger partial charge in [0.25, 0.3) is 0 Å². The van der Waals surface area contributed by atoms with Gasteiger partial charge in [0.2, 0.25) is 5.91 Å². The van der Waals surface area contributed by atoms with Crippen LogP contribution in [0.25, 0.3) is 11.3 Å². The van der Waals surface area contributed by atoms with Crippen molar-refractivity contribution in [2.24, 2.45) is 5.92 Å². The second-order valence-corrected chi connectivity index (χ2v) is 9.17. The SMILES string of the molecule is CN1Cc2cccc(-c3cnc4n3CCN(C(=O)CC3CCCCC3)CC4)c2C1. The summed E-state index contributed by atoms with van der Waals surface area (Å²) in [5.41, 5.74) is 5.40. The monoisotopic (exact) mass is 392 g/mol. The maximum absolute atomic E-state index is 12.9. The molecule has 0 bridgehead atoms. The highest BCUT2D eigenvalue weighted by molar-refractivity contribution is 5.76. The van der Waals surface area contributed by atoms with Crippen LogP contribution in [0.3, 0.4) is 0 Å².